The Labute approximate surface area is 119 Å². The molecule has 0 saturated carbocycles. The van der Waals surface area contributed by atoms with Crippen molar-refractivity contribution in [3.05, 3.63) is 24.3 Å². The van der Waals surface area contributed by atoms with Gasteiger partial charge in [-0.2, -0.15) is 0 Å². The van der Waals surface area contributed by atoms with Crippen LogP contribution >= 0.6 is 0 Å². The van der Waals surface area contributed by atoms with Crippen LogP contribution in [0.15, 0.2) is 29.2 Å². The van der Waals surface area contributed by atoms with E-state index in [9.17, 15) is 13.2 Å². The molecule has 0 aliphatic rings. The summed E-state index contributed by atoms with van der Waals surface area (Å²) < 4.78 is 34.6. The van der Waals surface area contributed by atoms with Crippen LogP contribution < -0.4 is 4.74 Å². The highest BCUT2D eigenvalue weighted by molar-refractivity contribution is 7.92. The first kappa shape index (κ1) is 16.5. The zero-order valence-electron chi connectivity index (χ0n) is 12.0. The summed E-state index contributed by atoms with van der Waals surface area (Å²) in [6.45, 7) is 1.88. The van der Waals surface area contributed by atoms with Crippen LogP contribution in [-0.4, -0.2) is 33.9 Å². The molecule has 1 aromatic carbocycles. The maximum absolute atomic E-state index is 12.5. The molecule has 1 rings (SSSR count). The molecule has 0 fully saturated rings. The van der Waals surface area contributed by atoms with Crippen LogP contribution in [0.5, 0.6) is 5.75 Å². The second-order valence-corrected chi connectivity index (χ2v) is 6.64. The van der Waals surface area contributed by atoms with Gasteiger partial charge in [-0.25, -0.2) is 8.42 Å². The van der Waals surface area contributed by atoms with E-state index in [1.54, 1.807) is 12.1 Å². The fourth-order valence-electron chi connectivity index (χ4n) is 1.92. The second-order valence-electron chi connectivity index (χ2n) is 4.41. The number of benzene rings is 1. The Morgan fingerprint density at radius 1 is 1.20 bits per heavy atom. The van der Waals surface area contributed by atoms with Gasteiger partial charge >= 0.3 is 5.97 Å². The normalized spacial score (nSPS) is 12.8. The lowest BCUT2D eigenvalue weighted by atomic mass is 10.2. The minimum atomic E-state index is -3.55. The summed E-state index contributed by atoms with van der Waals surface area (Å²) in [4.78, 5) is 11.6. The molecule has 0 heterocycles. The third-order valence-corrected chi connectivity index (χ3v) is 5.27. The Kier molecular flexibility index (Phi) is 6.01. The first-order valence-electron chi connectivity index (χ1n) is 6.40. The van der Waals surface area contributed by atoms with Gasteiger partial charge in [-0.3, -0.25) is 4.79 Å². The Morgan fingerprint density at radius 2 is 1.80 bits per heavy atom. The van der Waals surface area contributed by atoms with Crippen LogP contribution in [0.4, 0.5) is 0 Å². The van der Waals surface area contributed by atoms with E-state index in [0.29, 0.717) is 18.6 Å². The molecule has 20 heavy (non-hydrogen) atoms. The Morgan fingerprint density at radius 3 is 2.25 bits per heavy atom. The number of hydrogen-bond acceptors (Lipinski definition) is 5. The van der Waals surface area contributed by atoms with Gasteiger partial charge in [0.05, 0.1) is 30.8 Å². The molecule has 0 bridgehead atoms. The lowest BCUT2D eigenvalue weighted by molar-refractivity contribution is -0.140. The SMILES string of the molecule is CCCC(CC(=O)OC)S(=O)(=O)c1ccc(OC)cc1. The largest absolute Gasteiger partial charge is 0.497 e. The molecule has 0 radical (unpaired) electrons. The van der Waals surface area contributed by atoms with E-state index in [1.807, 2.05) is 6.92 Å². The molecular formula is C14H20O5S. The monoisotopic (exact) mass is 300 g/mol. The van der Waals surface area contributed by atoms with Gasteiger partial charge in [-0.1, -0.05) is 13.3 Å². The minimum absolute atomic E-state index is 0.126. The Hall–Kier alpha value is -1.56. The average Bonchev–Trinajstić information content (AvgIpc) is 2.46. The smallest absolute Gasteiger partial charge is 0.306 e. The van der Waals surface area contributed by atoms with E-state index in [-0.39, 0.29) is 11.3 Å². The van der Waals surface area contributed by atoms with Gasteiger partial charge in [-0.15, -0.1) is 0 Å². The first-order valence-corrected chi connectivity index (χ1v) is 7.95. The zero-order valence-corrected chi connectivity index (χ0v) is 12.8. The van der Waals surface area contributed by atoms with Crippen molar-refractivity contribution in [3.63, 3.8) is 0 Å². The highest BCUT2D eigenvalue weighted by Gasteiger charge is 2.29. The molecular weight excluding hydrogens is 280 g/mol. The van der Waals surface area contributed by atoms with Crippen LogP contribution in [-0.2, 0) is 19.4 Å². The van der Waals surface area contributed by atoms with Crippen molar-refractivity contribution in [2.24, 2.45) is 0 Å². The van der Waals surface area contributed by atoms with Crippen molar-refractivity contribution in [2.45, 2.75) is 36.3 Å². The molecule has 0 aliphatic heterocycles. The molecule has 1 aromatic rings. The summed E-state index contributed by atoms with van der Waals surface area (Å²) in [6.07, 6.45) is 0.971. The molecule has 0 aliphatic carbocycles. The topological polar surface area (TPSA) is 69.7 Å². The molecule has 6 heteroatoms. The number of carbonyl (C=O) groups is 1. The average molecular weight is 300 g/mol. The summed E-state index contributed by atoms with van der Waals surface area (Å²) >= 11 is 0. The quantitative estimate of drug-likeness (QED) is 0.722. The highest BCUT2D eigenvalue weighted by Crippen LogP contribution is 2.24. The fraction of sp³-hybridized carbons (Fsp3) is 0.500. The predicted octanol–water partition coefficient (Wildman–Crippen LogP) is 2.20. The third kappa shape index (κ3) is 3.96. The maximum Gasteiger partial charge on any atom is 0.306 e. The lowest BCUT2D eigenvalue weighted by Gasteiger charge is -2.16. The van der Waals surface area contributed by atoms with Gasteiger partial charge in [0, 0.05) is 0 Å². The zero-order chi connectivity index (χ0) is 15.2. The summed E-state index contributed by atoms with van der Waals surface area (Å²) in [5, 5.41) is -0.756. The van der Waals surface area contributed by atoms with Gasteiger partial charge in [0.25, 0.3) is 0 Å². The summed E-state index contributed by atoms with van der Waals surface area (Å²) in [7, 11) is -0.780. The van der Waals surface area contributed by atoms with Crippen molar-refractivity contribution < 1.29 is 22.7 Å². The highest BCUT2D eigenvalue weighted by atomic mass is 32.2. The first-order chi connectivity index (χ1) is 9.45. The molecule has 0 spiro atoms. The fourth-order valence-corrected chi connectivity index (χ4v) is 3.72. The molecule has 0 N–H and O–H groups in total. The Bertz CT molecular complexity index is 533. The molecule has 0 amide bonds. The van der Waals surface area contributed by atoms with E-state index >= 15 is 0 Å². The van der Waals surface area contributed by atoms with Crippen LogP contribution in [0.1, 0.15) is 26.2 Å². The van der Waals surface area contributed by atoms with Gasteiger partial charge in [0.15, 0.2) is 9.84 Å². The van der Waals surface area contributed by atoms with Crippen molar-refractivity contribution in [1.29, 1.82) is 0 Å². The van der Waals surface area contributed by atoms with E-state index in [0.717, 1.165) is 0 Å². The van der Waals surface area contributed by atoms with Crippen molar-refractivity contribution >= 4 is 15.8 Å². The molecule has 1 atom stereocenters. The molecule has 0 aromatic heterocycles. The van der Waals surface area contributed by atoms with Crippen LogP contribution in [0.3, 0.4) is 0 Å². The van der Waals surface area contributed by atoms with Crippen molar-refractivity contribution in [3.8, 4) is 5.75 Å². The van der Waals surface area contributed by atoms with Gasteiger partial charge in [0.2, 0.25) is 0 Å². The van der Waals surface area contributed by atoms with Crippen LogP contribution in [0.25, 0.3) is 0 Å². The van der Waals surface area contributed by atoms with Gasteiger partial charge in [-0.05, 0) is 30.7 Å². The molecule has 0 saturated heterocycles. The van der Waals surface area contributed by atoms with Crippen LogP contribution in [0.2, 0.25) is 0 Å². The Balaban J connectivity index is 3.04. The number of esters is 1. The maximum atomic E-state index is 12.5. The summed E-state index contributed by atoms with van der Waals surface area (Å²) in [5.74, 6) is 0.0736. The number of rotatable bonds is 7. The van der Waals surface area contributed by atoms with Gasteiger partial charge < -0.3 is 9.47 Å². The van der Waals surface area contributed by atoms with E-state index < -0.39 is 21.1 Å². The van der Waals surface area contributed by atoms with E-state index in [2.05, 4.69) is 4.74 Å². The van der Waals surface area contributed by atoms with E-state index in [1.165, 1.54) is 26.4 Å². The van der Waals surface area contributed by atoms with Crippen molar-refractivity contribution in [1.82, 2.24) is 0 Å². The second kappa shape index (κ2) is 7.28. The number of carbonyl (C=O) groups excluding carboxylic acids is 1. The van der Waals surface area contributed by atoms with Crippen molar-refractivity contribution in [2.75, 3.05) is 14.2 Å². The van der Waals surface area contributed by atoms with Crippen LogP contribution in [0, 0.1) is 0 Å². The molecule has 112 valence electrons. The number of methoxy groups -OCH3 is 2. The lowest BCUT2D eigenvalue weighted by Crippen LogP contribution is -2.25. The van der Waals surface area contributed by atoms with Gasteiger partial charge in [0.1, 0.15) is 5.75 Å². The number of ether oxygens (including phenoxy) is 2. The summed E-state index contributed by atoms with van der Waals surface area (Å²) in [5.41, 5.74) is 0. The number of sulfone groups is 1. The van der Waals surface area contributed by atoms with E-state index in [4.69, 9.17) is 4.74 Å². The number of hydrogen-bond donors (Lipinski definition) is 0. The minimum Gasteiger partial charge on any atom is -0.497 e. The standard InChI is InChI=1S/C14H20O5S/c1-4-5-13(10-14(15)19-3)20(16,17)12-8-6-11(18-2)7-9-12/h6-9,13H,4-5,10H2,1-3H3. The molecule has 5 nitrogen and oxygen atoms in total. The third-order valence-electron chi connectivity index (χ3n) is 3.06. The molecule has 1 unspecified atom stereocenters. The summed E-state index contributed by atoms with van der Waals surface area (Å²) in [6, 6.07) is 6.17. The predicted molar refractivity (Wildman–Crippen MR) is 75.5 cm³/mol.